The average Bonchev–Trinajstić information content (AvgIpc) is 2.67. The Morgan fingerprint density at radius 3 is 2.80 bits per heavy atom. The first kappa shape index (κ1) is 17.0. The van der Waals surface area contributed by atoms with Crippen molar-refractivity contribution in [3.05, 3.63) is 59.9 Å². The van der Waals surface area contributed by atoms with E-state index < -0.39 is 5.91 Å². The zero-order valence-corrected chi connectivity index (χ0v) is 14.0. The molecular formula is C19H22N4O2. The van der Waals surface area contributed by atoms with Gasteiger partial charge in [0, 0.05) is 37.1 Å². The van der Waals surface area contributed by atoms with Crippen LogP contribution in [-0.2, 0) is 0 Å². The number of nitrogens with one attached hydrogen (secondary N) is 1. The zero-order valence-electron chi connectivity index (χ0n) is 14.0. The van der Waals surface area contributed by atoms with Crippen molar-refractivity contribution in [1.82, 2.24) is 10.3 Å². The number of hydrogen-bond acceptors (Lipinski definition) is 4. The number of hydrogen-bond donors (Lipinski definition) is 2. The Kier molecular flexibility index (Phi) is 5.28. The van der Waals surface area contributed by atoms with Crippen LogP contribution < -0.4 is 16.0 Å². The fourth-order valence-corrected chi connectivity index (χ4v) is 3.15. The summed E-state index contributed by atoms with van der Waals surface area (Å²) in [6.07, 6.45) is 3.72. The topological polar surface area (TPSA) is 88.3 Å². The summed E-state index contributed by atoms with van der Waals surface area (Å²) in [5.74, 6) is -0.199. The molecule has 1 saturated heterocycles. The van der Waals surface area contributed by atoms with E-state index in [1.807, 2.05) is 36.4 Å². The van der Waals surface area contributed by atoms with Gasteiger partial charge in [-0.3, -0.25) is 14.6 Å². The van der Waals surface area contributed by atoms with Crippen LogP contribution in [0, 0.1) is 5.92 Å². The zero-order chi connectivity index (χ0) is 17.6. The first-order chi connectivity index (χ1) is 12.1. The van der Waals surface area contributed by atoms with Gasteiger partial charge in [0.2, 0.25) is 0 Å². The first-order valence-corrected chi connectivity index (χ1v) is 8.47. The normalized spacial score (nSPS) is 17.1. The number of carbonyl (C=O) groups is 2. The third kappa shape index (κ3) is 4.35. The van der Waals surface area contributed by atoms with Crippen LogP contribution in [0.1, 0.15) is 33.7 Å². The molecule has 130 valence electrons. The highest BCUT2D eigenvalue weighted by Crippen LogP contribution is 2.23. The number of nitrogens with zero attached hydrogens (tertiary/aromatic N) is 2. The van der Waals surface area contributed by atoms with Crippen LogP contribution in [-0.4, -0.2) is 36.4 Å². The highest BCUT2D eigenvalue weighted by Gasteiger charge is 2.21. The van der Waals surface area contributed by atoms with Crippen molar-refractivity contribution in [2.24, 2.45) is 11.7 Å². The molecule has 2 heterocycles. The standard InChI is InChI=1S/C19H22N4O2/c20-18(24)17-11-16(8-9-21-17)23-10-4-5-14(13-23)12-22-19(25)15-6-2-1-3-7-15/h1-3,6-9,11,14H,4-5,10,12-13H2,(H2,20,24)(H,22,25). The van der Waals surface area contributed by atoms with Crippen LogP contribution in [0.4, 0.5) is 5.69 Å². The van der Waals surface area contributed by atoms with Crippen LogP contribution in [0.3, 0.4) is 0 Å². The lowest BCUT2D eigenvalue weighted by molar-refractivity contribution is 0.0944. The molecule has 0 bridgehead atoms. The number of carbonyl (C=O) groups excluding carboxylic acids is 2. The van der Waals surface area contributed by atoms with Crippen molar-refractivity contribution in [2.45, 2.75) is 12.8 Å². The summed E-state index contributed by atoms with van der Waals surface area (Å²) >= 11 is 0. The number of benzene rings is 1. The van der Waals surface area contributed by atoms with Gasteiger partial charge < -0.3 is 16.0 Å². The Morgan fingerprint density at radius 1 is 1.24 bits per heavy atom. The number of primary amides is 1. The molecule has 1 unspecified atom stereocenters. The average molecular weight is 338 g/mol. The van der Waals surface area contributed by atoms with Gasteiger partial charge in [-0.1, -0.05) is 18.2 Å². The van der Waals surface area contributed by atoms with Gasteiger partial charge in [-0.25, -0.2) is 0 Å². The maximum Gasteiger partial charge on any atom is 0.267 e. The molecule has 1 atom stereocenters. The number of aromatic nitrogens is 1. The molecule has 6 heteroatoms. The van der Waals surface area contributed by atoms with Crippen LogP contribution in [0.15, 0.2) is 48.7 Å². The van der Waals surface area contributed by atoms with Gasteiger partial charge in [-0.15, -0.1) is 0 Å². The van der Waals surface area contributed by atoms with Crippen molar-refractivity contribution in [2.75, 3.05) is 24.5 Å². The van der Waals surface area contributed by atoms with E-state index in [0.29, 0.717) is 18.0 Å². The fourth-order valence-electron chi connectivity index (χ4n) is 3.15. The maximum absolute atomic E-state index is 12.2. The molecule has 1 fully saturated rings. The summed E-state index contributed by atoms with van der Waals surface area (Å²) in [7, 11) is 0. The summed E-state index contributed by atoms with van der Waals surface area (Å²) < 4.78 is 0. The van der Waals surface area contributed by atoms with Gasteiger partial charge in [-0.2, -0.15) is 0 Å². The smallest absolute Gasteiger partial charge is 0.267 e. The Balaban J connectivity index is 1.59. The summed E-state index contributed by atoms with van der Waals surface area (Å²) in [5.41, 5.74) is 7.21. The Labute approximate surface area is 147 Å². The van der Waals surface area contributed by atoms with Gasteiger partial charge in [0.05, 0.1) is 0 Å². The number of piperidine rings is 1. The summed E-state index contributed by atoms with van der Waals surface area (Å²) in [4.78, 5) is 29.7. The van der Waals surface area contributed by atoms with E-state index in [4.69, 9.17) is 5.73 Å². The second-order valence-corrected chi connectivity index (χ2v) is 6.29. The predicted molar refractivity (Wildman–Crippen MR) is 96.5 cm³/mol. The molecule has 1 aliphatic heterocycles. The monoisotopic (exact) mass is 338 g/mol. The molecule has 1 aliphatic rings. The number of amides is 2. The van der Waals surface area contributed by atoms with E-state index in [-0.39, 0.29) is 11.6 Å². The van der Waals surface area contributed by atoms with Crippen LogP contribution >= 0.6 is 0 Å². The quantitative estimate of drug-likeness (QED) is 0.870. The van der Waals surface area contributed by atoms with Crippen molar-refractivity contribution in [1.29, 1.82) is 0 Å². The summed E-state index contributed by atoms with van der Waals surface area (Å²) in [6.45, 7) is 2.39. The van der Waals surface area contributed by atoms with Crippen molar-refractivity contribution in [3.8, 4) is 0 Å². The number of rotatable bonds is 5. The van der Waals surface area contributed by atoms with Crippen LogP contribution in [0.5, 0.6) is 0 Å². The fraction of sp³-hybridized carbons (Fsp3) is 0.316. The molecule has 0 aliphatic carbocycles. The predicted octanol–water partition coefficient (Wildman–Crippen LogP) is 1.83. The third-order valence-corrected chi connectivity index (χ3v) is 4.47. The first-order valence-electron chi connectivity index (χ1n) is 8.47. The molecule has 0 saturated carbocycles. The molecule has 3 N–H and O–H groups in total. The second kappa shape index (κ2) is 7.79. The Hall–Kier alpha value is -2.89. The molecule has 2 amide bonds. The number of anilines is 1. The number of pyridine rings is 1. The molecule has 3 rings (SSSR count). The van der Waals surface area contributed by atoms with E-state index in [9.17, 15) is 9.59 Å². The largest absolute Gasteiger partial charge is 0.371 e. The Bertz CT molecular complexity index is 748. The maximum atomic E-state index is 12.2. The van der Waals surface area contributed by atoms with E-state index in [1.165, 1.54) is 0 Å². The lowest BCUT2D eigenvalue weighted by atomic mass is 9.97. The lowest BCUT2D eigenvalue weighted by Crippen LogP contribution is -2.41. The minimum absolute atomic E-state index is 0.0438. The molecule has 0 radical (unpaired) electrons. The van der Waals surface area contributed by atoms with Gasteiger partial charge >= 0.3 is 0 Å². The van der Waals surface area contributed by atoms with E-state index >= 15 is 0 Å². The highest BCUT2D eigenvalue weighted by molar-refractivity contribution is 5.94. The van der Waals surface area contributed by atoms with Gasteiger partial charge in [-0.05, 0) is 43.0 Å². The third-order valence-electron chi connectivity index (χ3n) is 4.47. The molecule has 2 aromatic rings. The minimum Gasteiger partial charge on any atom is -0.371 e. The van der Waals surface area contributed by atoms with Crippen molar-refractivity contribution >= 4 is 17.5 Å². The lowest BCUT2D eigenvalue weighted by Gasteiger charge is -2.34. The van der Waals surface area contributed by atoms with E-state index in [1.54, 1.807) is 12.3 Å². The number of nitrogens with two attached hydrogens (primary N) is 1. The Morgan fingerprint density at radius 2 is 2.04 bits per heavy atom. The van der Waals surface area contributed by atoms with Crippen LogP contribution in [0.25, 0.3) is 0 Å². The second-order valence-electron chi connectivity index (χ2n) is 6.29. The molecular weight excluding hydrogens is 316 g/mol. The SMILES string of the molecule is NC(=O)c1cc(N2CCCC(CNC(=O)c3ccccc3)C2)ccn1. The molecule has 25 heavy (non-hydrogen) atoms. The summed E-state index contributed by atoms with van der Waals surface area (Å²) in [6, 6.07) is 12.8. The van der Waals surface area contributed by atoms with E-state index in [2.05, 4.69) is 15.2 Å². The van der Waals surface area contributed by atoms with Crippen molar-refractivity contribution in [3.63, 3.8) is 0 Å². The van der Waals surface area contributed by atoms with Gasteiger partial charge in [0.15, 0.2) is 0 Å². The highest BCUT2D eigenvalue weighted by atomic mass is 16.2. The van der Waals surface area contributed by atoms with E-state index in [0.717, 1.165) is 31.6 Å². The summed E-state index contributed by atoms with van der Waals surface area (Å²) in [5, 5.41) is 3.02. The van der Waals surface area contributed by atoms with Gasteiger partial charge in [0.1, 0.15) is 5.69 Å². The molecule has 1 aromatic heterocycles. The minimum atomic E-state index is -0.523. The van der Waals surface area contributed by atoms with Crippen molar-refractivity contribution < 1.29 is 9.59 Å². The molecule has 0 spiro atoms. The van der Waals surface area contributed by atoms with Gasteiger partial charge in [0.25, 0.3) is 11.8 Å². The molecule has 6 nitrogen and oxygen atoms in total. The molecule has 1 aromatic carbocycles. The van der Waals surface area contributed by atoms with Crippen LogP contribution in [0.2, 0.25) is 0 Å².